The van der Waals surface area contributed by atoms with Crippen molar-refractivity contribution in [2.24, 2.45) is 5.92 Å². The van der Waals surface area contributed by atoms with Crippen molar-refractivity contribution in [3.63, 3.8) is 0 Å². The van der Waals surface area contributed by atoms with Gasteiger partial charge in [-0.3, -0.25) is 4.52 Å². The number of anilines is 2. The quantitative estimate of drug-likeness (QED) is 0.0752. The van der Waals surface area contributed by atoms with E-state index in [1.54, 1.807) is 47.8 Å². The predicted molar refractivity (Wildman–Crippen MR) is 224 cm³/mol. The van der Waals surface area contributed by atoms with E-state index in [1.165, 1.54) is 6.33 Å². The zero-order valence-electron chi connectivity index (χ0n) is 35.4. The van der Waals surface area contributed by atoms with Gasteiger partial charge in [-0.2, -0.15) is 10.4 Å². The normalized spacial score (nSPS) is 21.8. The Kier molecular flexibility index (Phi) is 14.3. The van der Waals surface area contributed by atoms with Crippen molar-refractivity contribution in [3.8, 4) is 11.8 Å². The van der Waals surface area contributed by atoms with E-state index in [2.05, 4.69) is 103 Å². The van der Waals surface area contributed by atoms with Crippen molar-refractivity contribution in [1.82, 2.24) is 14.6 Å². The van der Waals surface area contributed by atoms with E-state index < -0.39 is 60.8 Å². The molecule has 3 heterocycles. The van der Waals surface area contributed by atoms with Gasteiger partial charge < -0.3 is 33.9 Å². The molecular weight excluding hydrogens is 768 g/mol. The molecule has 0 amide bonds. The lowest BCUT2D eigenvalue weighted by atomic mass is 9.92. The van der Waals surface area contributed by atoms with Gasteiger partial charge in [0.2, 0.25) is 5.60 Å². The molecule has 1 aliphatic heterocycles. The van der Waals surface area contributed by atoms with E-state index in [1.807, 2.05) is 0 Å². The first kappa shape index (κ1) is 45.4. The van der Waals surface area contributed by atoms with Gasteiger partial charge in [0, 0.05) is 0 Å². The summed E-state index contributed by atoms with van der Waals surface area (Å²) in [6.45, 7) is 27.2. The molecule has 3 unspecified atom stereocenters. The van der Waals surface area contributed by atoms with Crippen LogP contribution in [0.15, 0.2) is 42.7 Å². The average Bonchev–Trinajstić information content (AvgIpc) is 3.67. The van der Waals surface area contributed by atoms with Crippen LogP contribution in [-0.2, 0) is 37.8 Å². The summed E-state index contributed by atoms with van der Waals surface area (Å²) in [4.78, 5) is 16.9. The number of nitrogen functional groups attached to an aromatic ring is 1. The number of carbonyl (C=O) groups is 1. The molecule has 14 nitrogen and oxygen atoms in total. The fourth-order valence-electron chi connectivity index (χ4n) is 5.90. The topological polar surface area (TPSA) is 182 Å². The molecule has 3 aromatic rings. The molecule has 1 aromatic carbocycles. The highest BCUT2D eigenvalue weighted by Gasteiger charge is 2.63. The molecule has 0 bridgehead atoms. The third kappa shape index (κ3) is 9.86. The Morgan fingerprint density at radius 2 is 1.68 bits per heavy atom. The second kappa shape index (κ2) is 17.7. The maximum atomic E-state index is 13.7. The minimum absolute atomic E-state index is 0.216. The lowest BCUT2D eigenvalue weighted by molar-refractivity contribution is -0.145. The van der Waals surface area contributed by atoms with E-state index in [4.69, 9.17) is 33.1 Å². The minimum Gasteiger partial charge on any atom is -0.464 e. The summed E-state index contributed by atoms with van der Waals surface area (Å²) in [7, 11) is -8.42. The van der Waals surface area contributed by atoms with E-state index in [9.17, 15) is 14.6 Å². The summed E-state index contributed by atoms with van der Waals surface area (Å²) in [6.07, 6.45) is 0.490. The molecule has 56 heavy (non-hydrogen) atoms. The van der Waals surface area contributed by atoms with Crippen molar-refractivity contribution >= 4 is 47.9 Å². The Hall–Kier alpha value is -3.30. The van der Waals surface area contributed by atoms with Crippen LogP contribution in [-0.4, -0.2) is 74.8 Å². The molecule has 2 aromatic heterocycles. The molecule has 0 spiro atoms. The SMILES string of the molecule is CCC(CC)COC(=O)[C@H](C)Nc1ccccc1O[PH](=O)OC[C@H]1O[C@@](C#N)(c2ccc3c(N)ncnn23)C(O[Si](C)(C)C(C)(C)C)C1O[Si](C)(C)C(C)(C)C. The summed E-state index contributed by atoms with van der Waals surface area (Å²) >= 11 is 0. The van der Waals surface area contributed by atoms with Gasteiger partial charge in [0.1, 0.15) is 42.3 Å². The van der Waals surface area contributed by atoms with Crippen molar-refractivity contribution in [3.05, 3.63) is 48.4 Å². The maximum absolute atomic E-state index is 13.7. The van der Waals surface area contributed by atoms with Gasteiger partial charge >= 0.3 is 14.2 Å². The van der Waals surface area contributed by atoms with E-state index in [0.29, 0.717) is 29.4 Å². The number of nitrogens with one attached hydrogen (secondary N) is 1. The number of rotatable bonds is 17. The number of nitriles is 1. The van der Waals surface area contributed by atoms with Crippen molar-refractivity contribution in [2.75, 3.05) is 24.3 Å². The first-order valence-corrected chi connectivity index (χ1v) is 26.5. The largest absolute Gasteiger partial charge is 0.464 e. The number of nitrogens with two attached hydrogens (primary N) is 1. The molecule has 310 valence electrons. The van der Waals surface area contributed by atoms with Gasteiger partial charge in [0.25, 0.3) is 0 Å². The molecule has 6 atom stereocenters. The predicted octanol–water partition coefficient (Wildman–Crippen LogP) is 8.48. The van der Waals surface area contributed by atoms with Crippen LogP contribution in [0.5, 0.6) is 5.75 Å². The van der Waals surface area contributed by atoms with Crippen LogP contribution in [0.2, 0.25) is 36.3 Å². The van der Waals surface area contributed by atoms with Crippen molar-refractivity contribution in [1.29, 1.82) is 5.26 Å². The van der Waals surface area contributed by atoms with Gasteiger partial charge in [-0.05, 0) is 73.4 Å². The van der Waals surface area contributed by atoms with Crippen LogP contribution in [0.1, 0.15) is 80.8 Å². The van der Waals surface area contributed by atoms with E-state index in [-0.39, 0.29) is 28.3 Å². The van der Waals surface area contributed by atoms with Crippen molar-refractivity contribution in [2.45, 2.75) is 141 Å². The van der Waals surface area contributed by atoms with Crippen LogP contribution >= 0.6 is 8.25 Å². The second-order valence-electron chi connectivity index (χ2n) is 17.6. The third-order valence-corrected chi connectivity index (χ3v) is 21.4. The Morgan fingerprint density at radius 3 is 2.29 bits per heavy atom. The zero-order chi connectivity index (χ0) is 41.9. The smallest absolute Gasteiger partial charge is 0.367 e. The van der Waals surface area contributed by atoms with Gasteiger partial charge in [-0.25, -0.2) is 18.9 Å². The summed E-state index contributed by atoms with van der Waals surface area (Å²) in [5, 5.41) is 18.4. The second-order valence-corrected chi connectivity index (χ2v) is 28.1. The highest BCUT2D eigenvalue weighted by atomic mass is 31.1. The lowest BCUT2D eigenvalue weighted by Crippen LogP contribution is -2.56. The number of hydrogen-bond donors (Lipinski definition) is 2. The van der Waals surface area contributed by atoms with Crippen LogP contribution < -0.4 is 15.6 Å². The van der Waals surface area contributed by atoms with Gasteiger partial charge in [0.05, 0.1) is 24.6 Å². The number of carbonyl (C=O) groups excluding carboxylic acids is 1. The number of ether oxygens (including phenoxy) is 2. The molecule has 1 fully saturated rings. The molecule has 0 saturated carbocycles. The molecule has 0 aliphatic carbocycles. The summed E-state index contributed by atoms with van der Waals surface area (Å²) in [5.74, 6) is 0.372. The molecule has 0 radical (unpaired) electrons. The highest BCUT2D eigenvalue weighted by molar-refractivity contribution is 7.33. The number of hydrogen-bond acceptors (Lipinski definition) is 13. The number of benzene rings is 1. The van der Waals surface area contributed by atoms with Gasteiger partial charge in [-0.15, -0.1) is 0 Å². The van der Waals surface area contributed by atoms with Crippen LogP contribution in [0.25, 0.3) is 5.52 Å². The first-order valence-electron chi connectivity index (χ1n) is 19.4. The van der Waals surface area contributed by atoms with Crippen LogP contribution in [0.3, 0.4) is 0 Å². The van der Waals surface area contributed by atoms with Gasteiger partial charge in [-0.1, -0.05) is 80.4 Å². The van der Waals surface area contributed by atoms with Crippen LogP contribution in [0, 0.1) is 17.2 Å². The highest BCUT2D eigenvalue weighted by Crippen LogP contribution is 2.50. The molecule has 3 N–H and O–H groups in total. The summed E-state index contributed by atoms with van der Waals surface area (Å²) in [6, 6.07) is 12.1. The lowest BCUT2D eigenvalue weighted by Gasteiger charge is -2.45. The Labute approximate surface area is 335 Å². The van der Waals surface area contributed by atoms with Crippen molar-refractivity contribution < 1.29 is 36.7 Å². The first-order chi connectivity index (χ1) is 26.0. The number of para-hydroxylation sites is 2. The zero-order valence-corrected chi connectivity index (χ0v) is 38.4. The fraction of sp³-hybridized carbons (Fsp3) is 0.641. The Bertz CT molecular complexity index is 1890. The number of nitrogens with zero attached hydrogens (tertiary/aromatic N) is 4. The standard InChI is InChI=1S/C39H63N6O8PSi2/c1-14-27(15-2)22-48-36(46)26(3)44-28-18-16-17-19-30(28)51-54(47)49-23-31-33(52-55(10,11)37(4,5)6)34(53-56(12,13)38(7,8)9)39(24-40,50-31)32-21-20-29-35(41)42-25-43-45(29)32/h16-21,25-27,31,33-34,44,54H,14-15,22-23H2,1-13H3,(H2,41,42,43)/t26-,31+,33?,34?,39-/m0/s1. The van der Waals surface area contributed by atoms with Crippen LogP contribution in [0.4, 0.5) is 11.5 Å². The molecule has 1 aliphatic rings. The number of esters is 1. The minimum atomic E-state index is -3.23. The molecule has 1 saturated heterocycles. The number of fused-ring (bicyclic) bond motifs is 1. The molecule has 4 rings (SSSR count). The Balaban J connectivity index is 1.68. The Morgan fingerprint density at radius 1 is 1.05 bits per heavy atom. The maximum Gasteiger partial charge on any atom is 0.367 e. The van der Waals surface area contributed by atoms with E-state index >= 15 is 0 Å². The van der Waals surface area contributed by atoms with E-state index in [0.717, 1.165) is 12.8 Å². The molecule has 17 heteroatoms. The summed E-state index contributed by atoms with van der Waals surface area (Å²) < 4.78 is 53.8. The monoisotopic (exact) mass is 830 g/mol. The fourth-order valence-corrected chi connectivity index (χ4v) is 9.21. The third-order valence-electron chi connectivity index (χ3n) is 11.7. The van der Waals surface area contributed by atoms with Gasteiger partial charge in [0.15, 0.2) is 28.2 Å². The molecular formula is C39H63N6O8PSi2. The number of aromatic nitrogens is 3. The average molecular weight is 831 g/mol. The summed E-state index contributed by atoms with van der Waals surface area (Å²) in [5.41, 5.74) is 5.85.